The van der Waals surface area contributed by atoms with Crippen LogP contribution in [0.4, 0.5) is 0 Å². The molecule has 56 heavy (non-hydrogen) atoms. The Bertz CT molecular complexity index is 3180. The number of aromatic nitrogens is 6. The molecule has 11 rings (SSSR count). The van der Waals surface area contributed by atoms with Crippen molar-refractivity contribution < 1.29 is 0 Å². The first kappa shape index (κ1) is 31.8. The lowest BCUT2D eigenvalue weighted by molar-refractivity contribution is 1.07. The topological polar surface area (TPSA) is 61.4 Å². The number of pyridine rings is 1. The Morgan fingerprint density at radius 2 is 0.929 bits per heavy atom. The molecule has 0 aliphatic carbocycles. The van der Waals surface area contributed by atoms with Gasteiger partial charge in [-0.1, -0.05) is 133 Å². The summed E-state index contributed by atoms with van der Waals surface area (Å²) < 4.78 is 4.71. The zero-order valence-corrected chi connectivity index (χ0v) is 30.2. The Kier molecular flexibility index (Phi) is 7.38. The van der Waals surface area contributed by atoms with Crippen molar-refractivity contribution in [3.05, 3.63) is 194 Å². The average Bonchev–Trinajstić information content (AvgIpc) is 3.80. The van der Waals surface area contributed by atoms with Crippen molar-refractivity contribution in [2.75, 3.05) is 0 Å². The number of hydrogen-bond donors (Lipinski definition) is 0. The summed E-state index contributed by atoms with van der Waals surface area (Å²) in [5.41, 5.74) is 12.6. The monoisotopic (exact) mass is 716 g/mol. The van der Waals surface area contributed by atoms with E-state index in [-0.39, 0.29) is 0 Å². The average molecular weight is 717 g/mol. The third-order valence-electron chi connectivity index (χ3n) is 10.6. The number of benzene rings is 7. The highest BCUT2D eigenvalue weighted by atomic mass is 15.0. The minimum Gasteiger partial charge on any atom is -0.309 e. The highest BCUT2D eigenvalue weighted by Crippen LogP contribution is 2.41. The van der Waals surface area contributed by atoms with E-state index in [1.807, 2.05) is 72.9 Å². The van der Waals surface area contributed by atoms with Crippen LogP contribution in [-0.2, 0) is 0 Å². The van der Waals surface area contributed by atoms with Gasteiger partial charge in [-0.3, -0.25) is 4.98 Å². The summed E-state index contributed by atoms with van der Waals surface area (Å²) in [7, 11) is 0. The van der Waals surface area contributed by atoms with Gasteiger partial charge in [0.15, 0.2) is 17.5 Å². The summed E-state index contributed by atoms with van der Waals surface area (Å²) >= 11 is 0. The van der Waals surface area contributed by atoms with Crippen LogP contribution in [0.15, 0.2) is 194 Å². The summed E-state index contributed by atoms with van der Waals surface area (Å²) in [6.45, 7) is 0. The number of fused-ring (bicyclic) bond motifs is 6. The summed E-state index contributed by atoms with van der Waals surface area (Å²) in [4.78, 5) is 19.9. The third kappa shape index (κ3) is 5.19. The Morgan fingerprint density at radius 1 is 0.339 bits per heavy atom. The second-order valence-corrected chi connectivity index (χ2v) is 13.9. The van der Waals surface area contributed by atoms with Crippen LogP contribution >= 0.6 is 0 Å². The highest BCUT2D eigenvalue weighted by molar-refractivity contribution is 6.15. The fraction of sp³-hybridized carbons (Fsp3) is 0. The van der Waals surface area contributed by atoms with Crippen molar-refractivity contribution in [1.29, 1.82) is 0 Å². The smallest absolute Gasteiger partial charge is 0.164 e. The summed E-state index contributed by atoms with van der Waals surface area (Å²) in [5, 5.41) is 3.50. The number of nitrogens with zero attached hydrogens (tertiary/aromatic N) is 6. The van der Waals surface area contributed by atoms with Crippen LogP contribution in [0.5, 0.6) is 0 Å². The molecule has 0 aliphatic rings. The number of rotatable bonds is 6. The molecule has 0 saturated carbocycles. The first-order chi connectivity index (χ1) is 27.8. The van der Waals surface area contributed by atoms with E-state index in [2.05, 4.69) is 130 Å². The molecule has 0 spiro atoms. The first-order valence-corrected chi connectivity index (χ1v) is 18.7. The molecular formula is C50H32N6. The molecule has 6 heteroatoms. The standard InChI is InChI=1S/C50H32N6/c1-4-15-33(16-5-1)48-52-49(34-17-6-2-7-18-34)54-50(53-48)36-19-12-22-38(31-36)56-43-26-11-10-23-40(43)41-25-13-24-39(47(41)56)35-28-29-42-45(32-35)55(37-20-8-3-9-21-37)44-27-14-30-51-46(42)44/h1-32H. The van der Waals surface area contributed by atoms with E-state index in [0.29, 0.717) is 17.5 Å². The fourth-order valence-corrected chi connectivity index (χ4v) is 8.10. The molecule has 0 saturated heterocycles. The van der Waals surface area contributed by atoms with Gasteiger partial charge in [0, 0.05) is 56.0 Å². The van der Waals surface area contributed by atoms with E-state index in [0.717, 1.165) is 72.2 Å². The van der Waals surface area contributed by atoms with E-state index in [9.17, 15) is 0 Å². The van der Waals surface area contributed by atoms with Crippen LogP contribution in [0.2, 0.25) is 0 Å². The summed E-state index contributed by atoms with van der Waals surface area (Å²) in [5.74, 6) is 1.89. The second-order valence-electron chi connectivity index (χ2n) is 13.9. The molecule has 4 heterocycles. The molecule has 0 N–H and O–H groups in total. The van der Waals surface area contributed by atoms with Gasteiger partial charge in [-0.25, -0.2) is 15.0 Å². The molecule has 7 aromatic carbocycles. The van der Waals surface area contributed by atoms with Crippen molar-refractivity contribution >= 4 is 43.7 Å². The molecular weight excluding hydrogens is 685 g/mol. The molecule has 0 fully saturated rings. The van der Waals surface area contributed by atoms with Gasteiger partial charge in [0.2, 0.25) is 0 Å². The predicted molar refractivity (Wildman–Crippen MR) is 228 cm³/mol. The lowest BCUT2D eigenvalue weighted by Crippen LogP contribution is -2.01. The van der Waals surface area contributed by atoms with Gasteiger partial charge < -0.3 is 9.13 Å². The van der Waals surface area contributed by atoms with Crippen LogP contribution in [0, 0.1) is 0 Å². The van der Waals surface area contributed by atoms with Crippen molar-refractivity contribution in [3.63, 3.8) is 0 Å². The number of para-hydroxylation sites is 3. The fourth-order valence-electron chi connectivity index (χ4n) is 8.10. The molecule has 0 radical (unpaired) electrons. The van der Waals surface area contributed by atoms with Crippen molar-refractivity contribution in [3.8, 4) is 56.7 Å². The van der Waals surface area contributed by atoms with Gasteiger partial charge >= 0.3 is 0 Å². The Morgan fingerprint density at radius 3 is 1.68 bits per heavy atom. The second kappa shape index (κ2) is 13.0. The lowest BCUT2D eigenvalue weighted by atomic mass is 10.0. The maximum absolute atomic E-state index is 5.05. The molecule has 0 atom stereocenters. The largest absolute Gasteiger partial charge is 0.309 e. The zero-order valence-electron chi connectivity index (χ0n) is 30.2. The molecule has 4 aromatic heterocycles. The van der Waals surface area contributed by atoms with Crippen molar-refractivity contribution in [2.45, 2.75) is 0 Å². The highest BCUT2D eigenvalue weighted by Gasteiger charge is 2.20. The van der Waals surface area contributed by atoms with Gasteiger partial charge in [0.05, 0.1) is 27.6 Å². The van der Waals surface area contributed by atoms with Crippen LogP contribution in [-0.4, -0.2) is 29.1 Å². The molecule has 0 amide bonds. The van der Waals surface area contributed by atoms with Crippen molar-refractivity contribution in [2.24, 2.45) is 0 Å². The summed E-state index contributed by atoms with van der Waals surface area (Å²) in [6.07, 6.45) is 1.88. The summed E-state index contributed by atoms with van der Waals surface area (Å²) in [6, 6.07) is 65.5. The van der Waals surface area contributed by atoms with Crippen LogP contribution in [0.25, 0.3) is 100 Å². The minimum absolute atomic E-state index is 0.619. The van der Waals surface area contributed by atoms with E-state index >= 15 is 0 Å². The number of hydrogen-bond acceptors (Lipinski definition) is 4. The third-order valence-corrected chi connectivity index (χ3v) is 10.6. The minimum atomic E-state index is 0.619. The normalized spacial score (nSPS) is 11.6. The molecule has 0 aliphatic heterocycles. The lowest BCUT2D eigenvalue weighted by Gasteiger charge is -2.14. The van der Waals surface area contributed by atoms with E-state index in [4.69, 9.17) is 19.9 Å². The van der Waals surface area contributed by atoms with Gasteiger partial charge in [-0.15, -0.1) is 0 Å². The maximum Gasteiger partial charge on any atom is 0.164 e. The Labute approximate surface area is 322 Å². The van der Waals surface area contributed by atoms with E-state index in [1.54, 1.807) is 0 Å². The van der Waals surface area contributed by atoms with Gasteiger partial charge in [-0.2, -0.15) is 0 Å². The quantitative estimate of drug-likeness (QED) is 0.172. The van der Waals surface area contributed by atoms with Gasteiger partial charge in [0.1, 0.15) is 0 Å². The van der Waals surface area contributed by atoms with E-state index < -0.39 is 0 Å². The Hall–Kier alpha value is -7.70. The Balaban J connectivity index is 1.13. The van der Waals surface area contributed by atoms with E-state index in [1.165, 1.54) is 10.8 Å². The van der Waals surface area contributed by atoms with Gasteiger partial charge in [0.25, 0.3) is 0 Å². The zero-order chi connectivity index (χ0) is 37.0. The molecule has 262 valence electrons. The van der Waals surface area contributed by atoms with Crippen LogP contribution in [0.3, 0.4) is 0 Å². The molecule has 0 bridgehead atoms. The molecule has 0 unspecified atom stereocenters. The molecule has 6 nitrogen and oxygen atoms in total. The maximum atomic E-state index is 5.05. The molecule has 11 aromatic rings. The van der Waals surface area contributed by atoms with Crippen LogP contribution < -0.4 is 0 Å². The predicted octanol–water partition coefficient (Wildman–Crippen LogP) is 12.1. The first-order valence-electron chi connectivity index (χ1n) is 18.7. The SMILES string of the molecule is c1ccc(-c2nc(-c3ccccc3)nc(-c3cccc(-n4c5ccccc5c5cccc(-c6ccc7c8ncccc8n(-c8ccccc8)c7c6)c54)c3)n2)cc1. The van der Waals surface area contributed by atoms with Crippen molar-refractivity contribution in [1.82, 2.24) is 29.1 Å². The van der Waals surface area contributed by atoms with Gasteiger partial charge in [-0.05, 0) is 60.2 Å². The van der Waals surface area contributed by atoms with Crippen LogP contribution in [0.1, 0.15) is 0 Å².